The maximum atomic E-state index is 13.0. The van der Waals surface area contributed by atoms with E-state index in [9.17, 15) is 19.2 Å². The van der Waals surface area contributed by atoms with Crippen LogP contribution in [0.4, 0.5) is 0 Å². The zero-order valence-electron chi connectivity index (χ0n) is 18.4. The molecule has 0 radical (unpaired) electrons. The molecule has 3 N–H and O–H groups in total. The molecule has 0 aromatic carbocycles. The molecule has 29 heavy (non-hydrogen) atoms. The topological polar surface area (TPSA) is 119 Å². The summed E-state index contributed by atoms with van der Waals surface area (Å²) in [5.41, 5.74) is 0. The summed E-state index contributed by atoms with van der Waals surface area (Å²) in [4.78, 5) is 51.7. The third kappa shape index (κ3) is 6.69. The van der Waals surface area contributed by atoms with Gasteiger partial charge in [0.1, 0.15) is 12.1 Å². The minimum absolute atomic E-state index is 0.115. The van der Waals surface area contributed by atoms with E-state index in [4.69, 9.17) is 5.11 Å². The maximum Gasteiger partial charge on any atom is 0.326 e. The van der Waals surface area contributed by atoms with Gasteiger partial charge in [0.05, 0.1) is 12.6 Å². The minimum atomic E-state index is -1.04. The quantitative estimate of drug-likeness (QED) is 0.449. The summed E-state index contributed by atoms with van der Waals surface area (Å²) in [6.07, 6.45) is 1.75. The first-order valence-electron chi connectivity index (χ1n) is 10.3. The van der Waals surface area contributed by atoms with Crippen molar-refractivity contribution in [2.75, 3.05) is 27.2 Å². The van der Waals surface area contributed by atoms with Crippen LogP contribution in [0.2, 0.25) is 0 Å². The van der Waals surface area contributed by atoms with Crippen molar-refractivity contribution in [1.29, 1.82) is 0 Å². The number of carbonyl (C=O) groups excluding carboxylic acids is 3. The average molecular weight is 413 g/mol. The van der Waals surface area contributed by atoms with Gasteiger partial charge < -0.3 is 25.5 Å². The van der Waals surface area contributed by atoms with E-state index in [2.05, 4.69) is 10.6 Å². The van der Waals surface area contributed by atoms with Crippen LogP contribution >= 0.6 is 0 Å². The molecule has 0 aromatic heterocycles. The molecule has 1 fully saturated rings. The van der Waals surface area contributed by atoms with Crippen LogP contribution < -0.4 is 10.6 Å². The highest BCUT2D eigenvalue weighted by Gasteiger charge is 2.39. The predicted molar refractivity (Wildman–Crippen MR) is 109 cm³/mol. The largest absolute Gasteiger partial charge is 0.480 e. The van der Waals surface area contributed by atoms with Crippen molar-refractivity contribution < 1.29 is 24.3 Å². The summed E-state index contributed by atoms with van der Waals surface area (Å²) in [6.45, 7) is 8.02. The number of carbonyl (C=O) groups is 4. The van der Waals surface area contributed by atoms with Gasteiger partial charge >= 0.3 is 5.97 Å². The summed E-state index contributed by atoms with van der Waals surface area (Å²) in [7, 11) is 3.21. The van der Waals surface area contributed by atoms with Gasteiger partial charge in [-0.2, -0.15) is 0 Å². The van der Waals surface area contributed by atoms with Gasteiger partial charge in [0, 0.05) is 13.6 Å². The van der Waals surface area contributed by atoms with Gasteiger partial charge in [-0.15, -0.1) is 0 Å². The molecule has 4 atom stereocenters. The summed E-state index contributed by atoms with van der Waals surface area (Å²) in [5.74, 6) is -1.83. The molecule has 9 nitrogen and oxygen atoms in total. The van der Waals surface area contributed by atoms with E-state index in [1.165, 1.54) is 16.8 Å². The lowest BCUT2D eigenvalue weighted by atomic mass is 9.96. The van der Waals surface area contributed by atoms with E-state index in [0.29, 0.717) is 31.7 Å². The number of carboxylic acid groups (broad SMARTS) is 1. The van der Waals surface area contributed by atoms with Crippen LogP contribution in [-0.4, -0.2) is 83.9 Å². The van der Waals surface area contributed by atoms with Crippen LogP contribution in [0.1, 0.15) is 47.0 Å². The van der Waals surface area contributed by atoms with Gasteiger partial charge in [-0.3, -0.25) is 14.4 Å². The van der Waals surface area contributed by atoms with E-state index in [0.717, 1.165) is 0 Å². The van der Waals surface area contributed by atoms with Crippen LogP contribution in [0.25, 0.3) is 0 Å². The zero-order chi connectivity index (χ0) is 22.3. The molecule has 1 aliphatic heterocycles. The Morgan fingerprint density at radius 2 is 1.83 bits per heavy atom. The van der Waals surface area contributed by atoms with Gasteiger partial charge in [0.15, 0.2) is 0 Å². The van der Waals surface area contributed by atoms with Gasteiger partial charge in [-0.1, -0.05) is 34.1 Å². The Labute approximate surface area is 173 Å². The fraction of sp³-hybridized carbons (Fsp3) is 0.800. The minimum Gasteiger partial charge on any atom is -0.480 e. The third-order valence-electron chi connectivity index (χ3n) is 5.52. The van der Waals surface area contributed by atoms with E-state index in [-0.39, 0.29) is 24.3 Å². The van der Waals surface area contributed by atoms with E-state index in [1.807, 2.05) is 27.7 Å². The number of nitrogens with one attached hydrogen (secondary N) is 2. The molecule has 0 aromatic rings. The fourth-order valence-corrected chi connectivity index (χ4v) is 3.32. The molecule has 1 aliphatic rings. The number of likely N-dealkylation sites (tertiary alicyclic amines) is 1. The van der Waals surface area contributed by atoms with Gasteiger partial charge in [-0.05, 0) is 31.7 Å². The Hall–Kier alpha value is -2.16. The Bertz CT molecular complexity index is 610. The Morgan fingerprint density at radius 1 is 1.21 bits per heavy atom. The van der Waals surface area contributed by atoms with Crippen molar-refractivity contribution in [1.82, 2.24) is 20.4 Å². The Balaban J connectivity index is 2.80. The van der Waals surface area contributed by atoms with Gasteiger partial charge in [0.25, 0.3) is 0 Å². The van der Waals surface area contributed by atoms with Crippen molar-refractivity contribution >= 4 is 23.7 Å². The van der Waals surface area contributed by atoms with Gasteiger partial charge in [-0.25, -0.2) is 4.79 Å². The number of amides is 3. The monoisotopic (exact) mass is 412 g/mol. The van der Waals surface area contributed by atoms with E-state index < -0.39 is 30.0 Å². The van der Waals surface area contributed by atoms with Crippen LogP contribution in [0, 0.1) is 11.8 Å². The lowest BCUT2D eigenvalue weighted by molar-refractivity contribution is -0.158. The highest BCUT2D eigenvalue weighted by atomic mass is 16.4. The molecule has 0 unspecified atom stereocenters. The van der Waals surface area contributed by atoms with E-state index in [1.54, 1.807) is 7.05 Å². The van der Waals surface area contributed by atoms with Gasteiger partial charge in [0.2, 0.25) is 17.7 Å². The van der Waals surface area contributed by atoms with Crippen molar-refractivity contribution in [2.24, 2.45) is 11.8 Å². The number of nitrogens with zero attached hydrogens (tertiary/aromatic N) is 2. The highest BCUT2D eigenvalue weighted by Crippen LogP contribution is 2.18. The number of hydrogen-bond acceptors (Lipinski definition) is 5. The summed E-state index contributed by atoms with van der Waals surface area (Å²) in [6, 6.07) is -1.97. The molecule has 9 heteroatoms. The number of hydrogen-bond donors (Lipinski definition) is 3. The number of likely N-dealkylation sites (N-methyl/N-ethyl adjacent to an activating group) is 2. The van der Waals surface area contributed by atoms with Crippen LogP contribution in [0.5, 0.6) is 0 Å². The molecule has 1 rings (SSSR count). The van der Waals surface area contributed by atoms with Crippen molar-refractivity contribution in [2.45, 2.75) is 65.1 Å². The first-order chi connectivity index (χ1) is 13.5. The van der Waals surface area contributed by atoms with Crippen LogP contribution in [0.3, 0.4) is 0 Å². The second-order valence-corrected chi connectivity index (χ2v) is 8.27. The molecule has 166 valence electrons. The third-order valence-corrected chi connectivity index (χ3v) is 5.52. The Kier molecular flexibility index (Phi) is 9.55. The molecule has 3 amide bonds. The summed E-state index contributed by atoms with van der Waals surface area (Å²) in [5, 5.41) is 14.9. The smallest absolute Gasteiger partial charge is 0.326 e. The summed E-state index contributed by atoms with van der Waals surface area (Å²) >= 11 is 0. The summed E-state index contributed by atoms with van der Waals surface area (Å²) < 4.78 is 0. The molecule has 0 spiro atoms. The lowest BCUT2D eigenvalue weighted by Gasteiger charge is -2.39. The fourth-order valence-electron chi connectivity index (χ4n) is 3.32. The second-order valence-electron chi connectivity index (χ2n) is 8.27. The number of rotatable bonds is 11. The predicted octanol–water partition coefficient (Wildman–Crippen LogP) is 0.295. The molecule has 1 heterocycles. The molecule has 0 aliphatic carbocycles. The molecule has 0 bridgehead atoms. The SMILES string of the molecule is CC[C@H](C)[C@H](NC(=O)[C@H](CC(C)C)NC)C(=O)N(C)CC(=O)N1CC[C@H]1C(=O)O. The normalized spacial score (nSPS) is 19.1. The van der Waals surface area contributed by atoms with Crippen molar-refractivity contribution in [3.63, 3.8) is 0 Å². The second kappa shape index (κ2) is 11.1. The highest BCUT2D eigenvalue weighted by molar-refractivity contribution is 5.93. The zero-order valence-corrected chi connectivity index (χ0v) is 18.4. The molecular weight excluding hydrogens is 376 g/mol. The first-order valence-corrected chi connectivity index (χ1v) is 10.3. The van der Waals surface area contributed by atoms with Crippen LogP contribution in [0.15, 0.2) is 0 Å². The number of aliphatic carboxylic acids is 1. The lowest BCUT2D eigenvalue weighted by Crippen LogP contribution is -2.59. The Morgan fingerprint density at radius 3 is 2.24 bits per heavy atom. The number of carboxylic acids is 1. The first kappa shape index (κ1) is 24.9. The molecule has 1 saturated heterocycles. The molecule has 0 saturated carbocycles. The van der Waals surface area contributed by atoms with Crippen molar-refractivity contribution in [3.8, 4) is 0 Å². The standard InChI is InChI=1S/C20H36N4O5/c1-7-13(4)17(22-18(26)14(21-5)10-12(2)3)19(27)23(6)11-16(25)24-9-8-15(24)20(28)29/h12-15,17,21H,7-11H2,1-6H3,(H,22,26)(H,28,29)/t13-,14-,15-,17-/m0/s1. The van der Waals surface area contributed by atoms with E-state index >= 15 is 0 Å². The van der Waals surface area contributed by atoms with Crippen LogP contribution in [-0.2, 0) is 19.2 Å². The average Bonchev–Trinajstić information content (AvgIpc) is 2.60. The maximum absolute atomic E-state index is 13.0. The molecular formula is C20H36N4O5. The van der Waals surface area contributed by atoms with Crippen molar-refractivity contribution in [3.05, 3.63) is 0 Å².